The minimum absolute atomic E-state index is 0.173. The number of hydrogen-bond acceptors (Lipinski definition) is 2. The summed E-state index contributed by atoms with van der Waals surface area (Å²) in [5, 5.41) is 11.0. The van der Waals surface area contributed by atoms with E-state index >= 15 is 0 Å². The zero-order valence-electron chi connectivity index (χ0n) is 8.89. The van der Waals surface area contributed by atoms with E-state index in [1.807, 2.05) is 0 Å². The van der Waals surface area contributed by atoms with Crippen molar-refractivity contribution < 1.29 is 23.1 Å². The Labute approximate surface area is 92.0 Å². The molecule has 3 nitrogen and oxygen atoms in total. The van der Waals surface area contributed by atoms with E-state index in [1.54, 1.807) is 0 Å². The molecule has 0 saturated heterocycles. The van der Waals surface area contributed by atoms with Crippen LogP contribution in [0.4, 0.5) is 13.2 Å². The van der Waals surface area contributed by atoms with Crippen LogP contribution in [0.2, 0.25) is 0 Å². The van der Waals surface area contributed by atoms with E-state index in [4.69, 9.17) is 5.11 Å². The first-order chi connectivity index (χ1) is 7.40. The minimum atomic E-state index is -4.36. The van der Waals surface area contributed by atoms with E-state index in [1.165, 1.54) is 0 Å². The zero-order valence-corrected chi connectivity index (χ0v) is 8.89. The summed E-state index contributed by atoms with van der Waals surface area (Å²) in [6.07, 6.45) is -0.113. The van der Waals surface area contributed by atoms with Crippen molar-refractivity contribution in [2.24, 2.45) is 5.92 Å². The molecular weight excluding hydrogens is 223 g/mol. The number of carbonyl (C=O) groups is 1. The second-order valence-corrected chi connectivity index (χ2v) is 4.21. The monoisotopic (exact) mass is 239 g/mol. The van der Waals surface area contributed by atoms with Gasteiger partial charge in [0.05, 0.1) is 6.54 Å². The van der Waals surface area contributed by atoms with Crippen LogP contribution >= 0.6 is 0 Å². The lowest BCUT2D eigenvalue weighted by atomic mass is 9.84. The molecule has 1 saturated carbocycles. The number of carboxylic acids is 1. The highest BCUT2D eigenvalue weighted by Crippen LogP contribution is 2.27. The number of carboxylic acid groups (broad SMARTS) is 1. The van der Waals surface area contributed by atoms with Gasteiger partial charge >= 0.3 is 12.1 Å². The van der Waals surface area contributed by atoms with Gasteiger partial charge in [0.25, 0.3) is 0 Å². The zero-order chi connectivity index (χ0) is 12.2. The van der Waals surface area contributed by atoms with Gasteiger partial charge in [-0.3, -0.25) is 10.1 Å². The molecule has 0 heterocycles. The largest absolute Gasteiger partial charge is 0.480 e. The van der Waals surface area contributed by atoms with Crippen molar-refractivity contribution in [3.05, 3.63) is 0 Å². The lowest BCUT2D eigenvalue weighted by Crippen LogP contribution is -2.47. The Hall–Kier alpha value is -0.780. The molecule has 1 unspecified atom stereocenters. The van der Waals surface area contributed by atoms with Gasteiger partial charge in [-0.1, -0.05) is 19.3 Å². The summed E-state index contributed by atoms with van der Waals surface area (Å²) in [6, 6.07) is -1.07. The van der Waals surface area contributed by atoms with Gasteiger partial charge in [0.1, 0.15) is 6.04 Å². The molecule has 6 heteroatoms. The number of halogens is 3. The standard InChI is InChI=1S/C10H16F3NO2/c11-10(12,13)6-14-8(9(15)16)7-4-2-1-3-5-7/h7-8,14H,1-6H2,(H,15,16). The SMILES string of the molecule is O=C(O)C(NCC(F)(F)F)C1CCCCC1. The van der Waals surface area contributed by atoms with E-state index < -0.39 is 24.7 Å². The van der Waals surface area contributed by atoms with Crippen LogP contribution in [0.25, 0.3) is 0 Å². The highest BCUT2D eigenvalue weighted by molar-refractivity contribution is 5.73. The predicted molar refractivity (Wildman–Crippen MR) is 52.1 cm³/mol. The molecule has 16 heavy (non-hydrogen) atoms. The number of nitrogens with one attached hydrogen (secondary N) is 1. The lowest BCUT2D eigenvalue weighted by molar-refractivity contribution is -0.145. The molecule has 1 aliphatic carbocycles. The highest BCUT2D eigenvalue weighted by Gasteiger charge is 2.34. The van der Waals surface area contributed by atoms with E-state index in [9.17, 15) is 18.0 Å². The fraction of sp³-hybridized carbons (Fsp3) is 0.900. The third-order valence-electron chi connectivity index (χ3n) is 2.91. The number of rotatable bonds is 4. The molecule has 0 spiro atoms. The van der Waals surface area contributed by atoms with Gasteiger partial charge in [-0.25, -0.2) is 0 Å². The van der Waals surface area contributed by atoms with Crippen LogP contribution in [0.5, 0.6) is 0 Å². The van der Waals surface area contributed by atoms with E-state index in [0.717, 1.165) is 19.3 Å². The molecule has 0 aromatic heterocycles. The molecule has 1 atom stereocenters. The molecule has 0 aromatic rings. The fourth-order valence-corrected chi connectivity index (χ4v) is 2.15. The van der Waals surface area contributed by atoms with Crippen molar-refractivity contribution in [2.45, 2.75) is 44.3 Å². The normalized spacial score (nSPS) is 20.7. The van der Waals surface area contributed by atoms with Crippen molar-refractivity contribution in [1.82, 2.24) is 5.32 Å². The van der Waals surface area contributed by atoms with Gasteiger partial charge in [0, 0.05) is 0 Å². The Morgan fingerprint density at radius 3 is 2.31 bits per heavy atom. The predicted octanol–water partition coefficient (Wildman–Crippen LogP) is 2.17. The fourth-order valence-electron chi connectivity index (χ4n) is 2.15. The van der Waals surface area contributed by atoms with Crippen LogP contribution in [0.15, 0.2) is 0 Å². The Bertz CT molecular complexity index is 237. The van der Waals surface area contributed by atoms with Crippen molar-refractivity contribution in [1.29, 1.82) is 0 Å². The smallest absolute Gasteiger partial charge is 0.401 e. The lowest BCUT2D eigenvalue weighted by Gasteiger charge is -2.28. The summed E-state index contributed by atoms with van der Waals surface area (Å²) in [5.41, 5.74) is 0. The molecular formula is C10H16F3NO2. The molecule has 2 N–H and O–H groups in total. The van der Waals surface area contributed by atoms with Crippen LogP contribution in [0, 0.1) is 5.92 Å². The van der Waals surface area contributed by atoms with Gasteiger partial charge in [0.15, 0.2) is 0 Å². The van der Waals surface area contributed by atoms with E-state index in [0.29, 0.717) is 12.8 Å². The van der Waals surface area contributed by atoms with Crippen LogP contribution in [0.3, 0.4) is 0 Å². The topological polar surface area (TPSA) is 49.3 Å². The highest BCUT2D eigenvalue weighted by atomic mass is 19.4. The third-order valence-corrected chi connectivity index (χ3v) is 2.91. The van der Waals surface area contributed by atoms with Crippen LogP contribution in [0.1, 0.15) is 32.1 Å². The quantitative estimate of drug-likeness (QED) is 0.790. The van der Waals surface area contributed by atoms with Crippen molar-refractivity contribution in [3.63, 3.8) is 0 Å². The van der Waals surface area contributed by atoms with Crippen LogP contribution in [-0.4, -0.2) is 29.8 Å². The van der Waals surface area contributed by atoms with Crippen LogP contribution < -0.4 is 5.32 Å². The van der Waals surface area contributed by atoms with Gasteiger partial charge in [-0.05, 0) is 18.8 Å². The Morgan fingerprint density at radius 1 is 1.31 bits per heavy atom. The molecule has 1 rings (SSSR count). The summed E-state index contributed by atoms with van der Waals surface area (Å²) in [5.74, 6) is -1.36. The molecule has 0 aromatic carbocycles. The van der Waals surface area contributed by atoms with Crippen molar-refractivity contribution in [3.8, 4) is 0 Å². The van der Waals surface area contributed by atoms with Crippen molar-refractivity contribution in [2.75, 3.05) is 6.54 Å². The Balaban J connectivity index is 2.49. The molecule has 1 fully saturated rings. The second kappa shape index (κ2) is 5.52. The van der Waals surface area contributed by atoms with Gasteiger partial charge in [-0.2, -0.15) is 13.2 Å². The number of alkyl halides is 3. The number of aliphatic carboxylic acids is 1. The second-order valence-electron chi connectivity index (χ2n) is 4.21. The Kier molecular flexibility index (Phi) is 4.58. The first-order valence-electron chi connectivity index (χ1n) is 5.43. The average Bonchev–Trinajstić information content (AvgIpc) is 2.17. The molecule has 0 aliphatic heterocycles. The first kappa shape index (κ1) is 13.3. The first-order valence-corrected chi connectivity index (χ1v) is 5.43. The maximum absolute atomic E-state index is 12.0. The van der Waals surface area contributed by atoms with Crippen molar-refractivity contribution >= 4 is 5.97 Å². The summed E-state index contributed by atoms with van der Waals surface area (Å²) < 4.78 is 36.0. The maximum Gasteiger partial charge on any atom is 0.401 e. The third kappa shape index (κ3) is 4.38. The summed E-state index contributed by atoms with van der Waals surface area (Å²) in [4.78, 5) is 10.9. The van der Waals surface area contributed by atoms with Gasteiger partial charge < -0.3 is 5.11 Å². The number of hydrogen-bond donors (Lipinski definition) is 2. The van der Waals surface area contributed by atoms with E-state index in [2.05, 4.69) is 5.32 Å². The maximum atomic E-state index is 12.0. The summed E-state index contributed by atoms with van der Waals surface area (Å²) in [7, 11) is 0. The summed E-state index contributed by atoms with van der Waals surface area (Å²) >= 11 is 0. The Morgan fingerprint density at radius 2 is 1.88 bits per heavy atom. The molecule has 0 amide bonds. The molecule has 94 valence electrons. The van der Waals surface area contributed by atoms with E-state index in [-0.39, 0.29) is 5.92 Å². The average molecular weight is 239 g/mol. The molecule has 1 aliphatic rings. The van der Waals surface area contributed by atoms with Gasteiger partial charge in [-0.15, -0.1) is 0 Å². The van der Waals surface area contributed by atoms with Crippen LogP contribution in [-0.2, 0) is 4.79 Å². The summed E-state index contributed by atoms with van der Waals surface area (Å²) in [6.45, 7) is -1.24. The minimum Gasteiger partial charge on any atom is -0.480 e. The molecule has 0 radical (unpaired) electrons. The van der Waals surface area contributed by atoms with Gasteiger partial charge in [0.2, 0.25) is 0 Å². The molecule has 0 bridgehead atoms.